The maximum atomic E-state index is 14.1. The number of aromatic nitrogens is 2. The van der Waals surface area contributed by atoms with Crippen molar-refractivity contribution in [1.82, 2.24) is 9.78 Å². The number of carbonyl (C=O) groups is 2. The summed E-state index contributed by atoms with van der Waals surface area (Å²) in [5.41, 5.74) is 1.35. The molecule has 0 radical (unpaired) electrons. The molecule has 0 saturated carbocycles. The predicted molar refractivity (Wildman–Crippen MR) is 103 cm³/mol. The van der Waals surface area contributed by atoms with Gasteiger partial charge in [-0.1, -0.05) is 19.9 Å². The van der Waals surface area contributed by atoms with Crippen molar-refractivity contribution in [3.05, 3.63) is 52.1 Å². The van der Waals surface area contributed by atoms with Crippen LogP contribution in [0.4, 0.5) is 4.39 Å². The Balaban J connectivity index is 2.52. The summed E-state index contributed by atoms with van der Waals surface area (Å²) >= 11 is 0. The summed E-state index contributed by atoms with van der Waals surface area (Å²) in [7, 11) is 0. The first-order valence-electron chi connectivity index (χ1n) is 9.36. The van der Waals surface area contributed by atoms with Crippen molar-refractivity contribution in [3.8, 4) is 0 Å². The second kappa shape index (κ2) is 8.12. The lowest BCUT2D eigenvalue weighted by molar-refractivity contribution is 0.00668. The van der Waals surface area contributed by atoms with Gasteiger partial charge < -0.3 is 9.84 Å². The van der Waals surface area contributed by atoms with E-state index in [2.05, 4.69) is 5.10 Å². The highest BCUT2D eigenvalue weighted by molar-refractivity contribution is 5.92. The van der Waals surface area contributed by atoms with Crippen molar-refractivity contribution in [2.45, 2.75) is 66.0 Å². The number of carboxylic acids is 1. The fourth-order valence-electron chi connectivity index (χ4n) is 3.10. The van der Waals surface area contributed by atoms with Crippen LogP contribution in [-0.2, 0) is 17.6 Å². The number of esters is 1. The molecular formula is C21H27FN2O4. The summed E-state index contributed by atoms with van der Waals surface area (Å²) in [6.45, 7) is 11.1. The Kier molecular flexibility index (Phi) is 6.27. The van der Waals surface area contributed by atoms with Gasteiger partial charge in [0, 0.05) is 0 Å². The molecule has 0 bridgehead atoms. The Morgan fingerprint density at radius 1 is 1.25 bits per heavy atom. The molecule has 2 aromatic rings. The topological polar surface area (TPSA) is 81.4 Å². The molecule has 1 aromatic carbocycles. The van der Waals surface area contributed by atoms with Crippen LogP contribution in [0.3, 0.4) is 0 Å². The molecule has 0 amide bonds. The molecule has 7 heteroatoms. The van der Waals surface area contributed by atoms with Gasteiger partial charge in [-0.25, -0.2) is 14.0 Å². The molecule has 2 rings (SSSR count). The first-order chi connectivity index (χ1) is 13.0. The smallest absolute Gasteiger partial charge is 0.342 e. The number of benzene rings is 1. The van der Waals surface area contributed by atoms with Crippen molar-refractivity contribution in [2.75, 3.05) is 0 Å². The van der Waals surface area contributed by atoms with E-state index in [9.17, 15) is 14.0 Å². The van der Waals surface area contributed by atoms with Crippen molar-refractivity contribution in [2.24, 2.45) is 0 Å². The van der Waals surface area contributed by atoms with Crippen LogP contribution >= 0.6 is 0 Å². The average molecular weight is 390 g/mol. The molecule has 0 aliphatic rings. The van der Waals surface area contributed by atoms with Crippen LogP contribution < -0.4 is 0 Å². The number of halogens is 1. The third-order valence-corrected chi connectivity index (χ3v) is 4.43. The normalized spacial score (nSPS) is 12.7. The van der Waals surface area contributed by atoms with E-state index in [0.29, 0.717) is 35.4 Å². The van der Waals surface area contributed by atoms with Crippen molar-refractivity contribution in [1.29, 1.82) is 0 Å². The number of aromatic carboxylic acids is 1. The molecule has 6 nitrogen and oxygen atoms in total. The van der Waals surface area contributed by atoms with E-state index >= 15 is 0 Å². The number of ether oxygens (including phenoxy) is 1. The zero-order valence-corrected chi connectivity index (χ0v) is 17.2. The fourth-order valence-corrected chi connectivity index (χ4v) is 3.10. The average Bonchev–Trinajstić information content (AvgIpc) is 2.97. The first-order valence-corrected chi connectivity index (χ1v) is 9.36. The van der Waals surface area contributed by atoms with Gasteiger partial charge in [0.25, 0.3) is 0 Å². The highest BCUT2D eigenvalue weighted by Crippen LogP contribution is 2.27. The standard InChI is InChI=1S/C21H27FN2O4/c1-7-16-18(20(27)28-21(4,5)6)17(8-2)24(23-16)12(3)13-9-10-14(19(25)26)15(22)11-13/h9-12H,7-8H2,1-6H3,(H,25,26). The van der Waals surface area contributed by atoms with Gasteiger partial charge in [-0.15, -0.1) is 0 Å². The summed E-state index contributed by atoms with van der Waals surface area (Å²) in [6, 6.07) is 3.63. The van der Waals surface area contributed by atoms with Crippen molar-refractivity contribution in [3.63, 3.8) is 0 Å². The molecule has 0 saturated heterocycles. The number of nitrogens with zero attached hydrogens (tertiary/aromatic N) is 2. The SMILES string of the molecule is CCc1nn(C(C)c2ccc(C(=O)O)c(F)c2)c(CC)c1C(=O)OC(C)(C)C. The second-order valence-corrected chi connectivity index (χ2v) is 7.64. The van der Waals surface area contributed by atoms with Gasteiger partial charge >= 0.3 is 11.9 Å². The third-order valence-electron chi connectivity index (χ3n) is 4.43. The lowest BCUT2D eigenvalue weighted by Crippen LogP contribution is -2.25. The van der Waals surface area contributed by atoms with Gasteiger partial charge in [-0.05, 0) is 58.2 Å². The molecule has 0 aliphatic carbocycles. The maximum absolute atomic E-state index is 14.1. The number of hydrogen-bond donors (Lipinski definition) is 1. The van der Waals surface area contributed by atoms with Crippen LogP contribution in [0, 0.1) is 5.82 Å². The first kappa shape index (κ1) is 21.6. The molecule has 0 spiro atoms. The minimum absolute atomic E-state index is 0.379. The summed E-state index contributed by atoms with van der Waals surface area (Å²) in [6.07, 6.45) is 1.09. The molecule has 0 aliphatic heterocycles. The van der Waals surface area contributed by atoms with E-state index in [4.69, 9.17) is 9.84 Å². The Morgan fingerprint density at radius 2 is 1.89 bits per heavy atom. The minimum atomic E-state index is -1.31. The van der Waals surface area contributed by atoms with Gasteiger partial charge in [0.15, 0.2) is 0 Å². The summed E-state index contributed by atoms with van der Waals surface area (Å²) in [5.74, 6) is -2.54. The highest BCUT2D eigenvalue weighted by atomic mass is 19.1. The quantitative estimate of drug-likeness (QED) is 0.739. The highest BCUT2D eigenvalue weighted by Gasteiger charge is 2.28. The molecule has 1 atom stereocenters. The fraction of sp³-hybridized carbons (Fsp3) is 0.476. The molecule has 0 fully saturated rings. The lowest BCUT2D eigenvalue weighted by atomic mass is 10.0. The summed E-state index contributed by atoms with van der Waals surface area (Å²) in [5, 5.41) is 13.6. The molecule has 1 heterocycles. The lowest BCUT2D eigenvalue weighted by Gasteiger charge is -2.20. The Bertz CT molecular complexity index is 897. The molecular weight excluding hydrogens is 363 g/mol. The summed E-state index contributed by atoms with van der Waals surface area (Å²) < 4.78 is 21.4. The maximum Gasteiger partial charge on any atom is 0.342 e. The van der Waals surface area contributed by atoms with Gasteiger partial charge in [0.1, 0.15) is 17.0 Å². The minimum Gasteiger partial charge on any atom is -0.478 e. The number of carbonyl (C=O) groups excluding carboxylic acids is 1. The monoisotopic (exact) mass is 390 g/mol. The van der Waals surface area contributed by atoms with E-state index in [0.717, 1.165) is 0 Å². The Hall–Kier alpha value is -2.70. The van der Waals surface area contributed by atoms with Crippen LogP contribution in [0.5, 0.6) is 0 Å². The van der Waals surface area contributed by atoms with E-state index < -0.39 is 23.4 Å². The third kappa shape index (κ3) is 4.40. The van der Waals surface area contributed by atoms with Crippen molar-refractivity contribution >= 4 is 11.9 Å². The number of carboxylic acid groups (broad SMARTS) is 1. The number of rotatable bonds is 6. The molecule has 28 heavy (non-hydrogen) atoms. The zero-order chi connectivity index (χ0) is 21.2. The van der Waals surface area contributed by atoms with Gasteiger partial charge in [0.05, 0.1) is 23.0 Å². The van der Waals surface area contributed by atoms with E-state index in [1.807, 2.05) is 41.5 Å². The molecule has 1 aromatic heterocycles. The van der Waals surface area contributed by atoms with E-state index in [1.54, 1.807) is 10.7 Å². The number of hydrogen-bond acceptors (Lipinski definition) is 4. The van der Waals surface area contributed by atoms with Crippen LogP contribution in [0.15, 0.2) is 18.2 Å². The van der Waals surface area contributed by atoms with Crippen LogP contribution in [0.1, 0.15) is 85.3 Å². The van der Waals surface area contributed by atoms with Gasteiger partial charge in [0.2, 0.25) is 0 Å². The Morgan fingerprint density at radius 3 is 2.36 bits per heavy atom. The zero-order valence-electron chi connectivity index (χ0n) is 17.2. The van der Waals surface area contributed by atoms with Gasteiger partial charge in [-0.3, -0.25) is 4.68 Å². The van der Waals surface area contributed by atoms with Crippen LogP contribution in [-0.4, -0.2) is 32.4 Å². The Labute approximate surface area is 164 Å². The molecule has 152 valence electrons. The predicted octanol–water partition coefficient (Wildman–Crippen LogP) is 4.41. The summed E-state index contributed by atoms with van der Waals surface area (Å²) in [4.78, 5) is 23.8. The molecule has 1 N–H and O–H groups in total. The van der Waals surface area contributed by atoms with Crippen LogP contribution in [0.25, 0.3) is 0 Å². The second-order valence-electron chi connectivity index (χ2n) is 7.64. The van der Waals surface area contributed by atoms with Crippen LogP contribution in [0.2, 0.25) is 0 Å². The van der Waals surface area contributed by atoms with Crippen molar-refractivity contribution < 1.29 is 23.8 Å². The largest absolute Gasteiger partial charge is 0.478 e. The van der Waals surface area contributed by atoms with E-state index in [1.165, 1.54) is 12.1 Å². The van der Waals surface area contributed by atoms with E-state index in [-0.39, 0.29) is 11.6 Å². The number of aryl methyl sites for hydroxylation is 1. The van der Waals surface area contributed by atoms with Gasteiger partial charge in [-0.2, -0.15) is 5.10 Å². The molecule has 1 unspecified atom stereocenters.